The second-order valence-electron chi connectivity index (χ2n) is 20.0. The normalized spacial score (nSPS) is 54.0. The van der Waals surface area contributed by atoms with Crippen LogP contribution in [0.5, 0.6) is 0 Å². The van der Waals surface area contributed by atoms with Crippen LogP contribution >= 0.6 is 0 Å². The zero-order valence-corrected chi connectivity index (χ0v) is 33.9. The van der Waals surface area contributed by atoms with Gasteiger partial charge in [-0.1, -0.05) is 53.2 Å². The van der Waals surface area contributed by atoms with E-state index in [-0.39, 0.29) is 48.0 Å². The van der Waals surface area contributed by atoms with Gasteiger partial charge in [-0.2, -0.15) is 0 Å². The van der Waals surface area contributed by atoms with Crippen molar-refractivity contribution in [1.29, 1.82) is 0 Å². The number of fused-ring (bicyclic) bond motifs is 7. The van der Waals surface area contributed by atoms with Gasteiger partial charge in [0.05, 0.1) is 29.6 Å². The lowest BCUT2D eigenvalue weighted by Gasteiger charge is -2.70. The van der Waals surface area contributed by atoms with E-state index in [2.05, 4.69) is 47.6 Å². The second-order valence-corrected chi connectivity index (χ2v) is 20.0. The maximum absolute atomic E-state index is 14.6. The van der Waals surface area contributed by atoms with E-state index in [1.54, 1.807) is 6.92 Å². The van der Waals surface area contributed by atoms with Gasteiger partial charge in [-0.3, -0.25) is 9.59 Å². The van der Waals surface area contributed by atoms with Gasteiger partial charge in [-0.15, -0.1) is 0 Å². The summed E-state index contributed by atoms with van der Waals surface area (Å²) in [6.07, 6.45) is -6.91. The van der Waals surface area contributed by atoms with Crippen molar-refractivity contribution >= 4 is 11.9 Å². The number of hydrogen-bond donors (Lipinski definition) is 8. The van der Waals surface area contributed by atoms with Gasteiger partial charge in [-0.25, -0.2) is 0 Å². The van der Waals surface area contributed by atoms with Gasteiger partial charge >= 0.3 is 11.9 Å². The fourth-order valence-corrected chi connectivity index (χ4v) is 13.9. The van der Waals surface area contributed by atoms with Gasteiger partial charge in [0.2, 0.25) is 6.29 Å². The van der Waals surface area contributed by atoms with Crippen LogP contribution in [0.4, 0.5) is 0 Å². The zero-order valence-electron chi connectivity index (χ0n) is 33.9. The minimum absolute atomic E-state index is 0.00720. The quantitative estimate of drug-likeness (QED) is 0.110. The number of aliphatic carboxylic acids is 1. The van der Waals surface area contributed by atoms with Gasteiger partial charge in [0.25, 0.3) is 0 Å². The molecule has 7 aliphatic rings. The molecule has 0 bridgehead atoms. The summed E-state index contributed by atoms with van der Waals surface area (Å²) < 4.78 is 23.9. The SMILES string of the molecule is CC1OC(O[C@H]2CC[C@]3(C)[C@H]4CC=C5[C@@H]6[C@@H](C)[C@H](C)CC[C@]6(C(=O)OC6OC(CO)C(O)C(O)C6O)CC[C@@]5(C(=O)O)[C@]4(C)CC[C@H]3C2(C)C)C(O)C(O)C1O. The molecule has 2 heterocycles. The van der Waals surface area contributed by atoms with E-state index in [1.165, 1.54) is 0 Å². The van der Waals surface area contributed by atoms with Gasteiger partial charge in [0, 0.05) is 0 Å². The van der Waals surface area contributed by atoms with Crippen molar-refractivity contribution in [2.45, 2.75) is 174 Å². The first-order chi connectivity index (χ1) is 26.1. The molecule has 2 saturated heterocycles. The number of ether oxygens (including phenoxy) is 4. The first-order valence-corrected chi connectivity index (χ1v) is 20.9. The standard InChI is InChI=1S/C42H66O14/c1-19-10-15-41(37(52)56-35-33(49)31(47)29(45)23(18-43)54-35)16-17-42(36(50)51)22(27(41)20(19)2)8-9-25-39(6)13-12-26(38(4,5)24(39)11-14-40(25,42)7)55-34-32(48)30(46)28(44)21(3)53-34/h8,19-21,23-35,43-49H,9-18H2,1-7H3,(H,50,51)/t19-,20+,21?,23?,24+,25-,26+,27+,28?,29?,30?,31?,32?,33?,34?,35?,39+,40-,41+,42-/m1/s1. The van der Waals surface area contributed by atoms with Crippen LogP contribution in [-0.2, 0) is 28.5 Å². The van der Waals surface area contributed by atoms with E-state index in [1.807, 2.05) is 0 Å². The van der Waals surface area contributed by atoms with Crippen molar-refractivity contribution in [2.24, 2.45) is 56.7 Å². The lowest BCUT2D eigenvalue weighted by Crippen LogP contribution is -2.68. The van der Waals surface area contributed by atoms with E-state index in [0.29, 0.717) is 32.1 Å². The fraction of sp³-hybridized carbons (Fsp3) is 0.905. The summed E-state index contributed by atoms with van der Waals surface area (Å²) in [7, 11) is 0. The highest BCUT2D eigenvalue weighted by atomic mass is 16.7. The number of rotatable bonds is 6. The number of carboxylic acids is 1. The van der Waals surface area contributed by atoms with Crippen LogP contribution in [0.1, 0.15) is 106 Å². The molecule has 4 saturated carbocycles. The highest BCUT2D eigenvalue weighted by molar-refractivity contribution is 5.85. The smallest absolute Gasteiger partial charge is 0.315 e. The molecule has 8 N–H and O–H groups in total. The Morgan fingerprint density at radius 2 is 1.43 bits per heavy atom. The van der Waals surface area contributed by atoms with Crippen LogP contribution < -0.4 is 0 Å². The highest BCUT2D eigenvalue weighted by Gasteiger charge is 2.74. The summed E-state index contributed by atoms with van der Waals surface area (Å²) >= 11 is 0. The second kappa shape index (κ2) is 14.5. The van der Waals surface area contributed by atoms with Gasteiger partial charge < -0.3 is 59.8 Å². The minimum Gasteiger partial charge on any atom is -0.481 e. The largest absolute Gasteiger partial charge is 0.481 e. The number of carboxylic acid groups (broad SMARTS) is 1. The minimum atomic E-state index is -1.74. The van der Waals surface area contributed by atoms with E-state index in [4.69, 9.17) is 18.9 Å². The summed E-state index contributed by atoms with van der Waals surface area (Å²) in [5.74, 6) is -1.73. The Balaban J connectivity index is 1.21. The van der Waals surface area contributed by atoms with Crippen LogP contribution in [0.15, 0.2) is 11.6 Å². The number of aliphatic hydroxyl groups excluding tert-OH is 7. The molecule has 0 radical (unpaired) electrons. The van der Waals surface area contributed by atoms with Gasteiger partial charge in [0.1, 0.15) is 42.7 Å². The Labute approximate surface area is 329 Å². The number of hydrogen-bond acceptors (Lipinski definition) is 13. The van der Waals surface area contributed by atoms with Crippen LogP contribution in [0, 0.1) is 56.7 Å². The van der Waals surface area contributed by atoms with Crippen LogP contribution in [-0.4, -0.2) is 127 Å². The van der Waals surface area contributed by atoms with Crippen LogP contribution in [0.25, 0.3) is 0 Å². The molecule has 318 valence electrons. The molecule has 7 rings (SSSR count). The monoisotopic (exact) mass is 794 g/mol. The Bertz CT molecular complexity index is 1550. The van der Waals surface area contributed by atoms with E-state index >= 15 is 0 Å². The average molecular weight is 795 g/mol. The van der Waals surface area contributed by atoms with Crippen LogP contribution in [0.2, 0.25) is 0 Å². The molecule has 14 heteroatoms. The van der Waals surface area contributed by atoms with Crippen molar-refractivity contribution in [3.8, 4) is 0 Å². The van der Waals surface area contributed by atoms with Crippen LogP contribution in [0.3, 0.4) is 0 Å². The lowest BCUT2D eigenvalue weighted by atomic mass is 9.33. The molecule has 56 heavy (non-hydrogen) atoms. The topological polar surface area (TPSA) is 233 Å². The van der Waals surface area contributed by atoms with Crippen molar-refractivity contribution in [3.05, 3.63) is 11.6 Å². The summed E-state index contributed by atoms with van der Waals surface area (Å²) in [6.45, 7) is 14.0. The summed E-state index contributed by atoms with van der Waals surface area (Å²) in [5.41, 5.74) is -2.93. The third-order valence-corrected chi connectivity index (χ3v) is 17.3. The third-order valence-electron chi connectivity index (χ3n) is 17.3. The summed E-state index contributed by atoms with van der Waals surface area (Å²) in [5, 5.41) is 84.5. The lowest BCUT2D eigenvalue weighted by molar-refractivity contribution is -0.324. The summed E-state index contributed by atoms with van der Waals surface area (Å²) in [4.78, 5) is 28.8. The molecule has 14 nitrogen and oxygen atoms in total. The maximum Gasteiger partial charge on any atom is 0.315 e. The molecule has 2 aliphatic heterocycles. The highest BCUT2D eigenvalue weighted by Crippen LogP contribution is 2.76. The Morgan fingerprint density at radius 1 is 0.768 bits per heavy atom. The predicted molar refractivity (Wildman–Crippen MR) is 198 cm³/mol. The molecule has 0 aromatic heterocycles. The van der Waals surface area contributed by atoms with Crippen molar-refractivity contribution in [1.82, 2.24) is 0 Å². The molecule has 0 spiro atoms. The van der Waals surface area contributed by atoms with Crippen molar-refractivity contribution in [2.75, 3.05) is 6.61 Å². The molecule has 5 aliphatic carbocycles. The maximum atomic E-state index is 14.6. The average Bonchev–Trinajstić information content (AvgIpc) is 3.14. The van der Waals surface area contributed by atoms with Gasteiger partial charge in [-0.05, 0) is 111 Å². The summed E-state index contributed by atoms with van der Waals surface area (Å²) in [6, 6.07) is 0. The van der Waals surface area contributed by atoms with E-state index in [0.717, 1.165) is 18.4 Å². The first kappa shape index (κ1) is 42.4. The Kier molecular flexibility index (Phi) is 11.0. The molecular formula is C42H66O14. The molecule has 20 atom stereocenters. The van der Waals surface area contributed by atoms with E-state index in [9.17, 15) is 50.4 Å². The fourth-order valence-electron chi connectivity index (χ4n) is 13.9. The molecular weight excluding hydrogens is 728 g/mol. The number of carbonyl (C=O) groups excluding carboxylic acids is 1. The Hall–Kier alpha value is -1.72. The van der Waals surface area contributed by atoms with E-state index < -0.39 is 108 Å². The molecule has 0 amide bonds. The number of carbonyl (C=O) groups is 2. The predicted octanol–water partition coefficient (Wildman–Crippen LogP) is 2.26. The molecule has 6 fully saturated rings. The molecule has 10 unspecified atom stereocenters. The number of allylic oxidation sites excluding steroid dienone is 1. The molecule has 0 aromatic carbocycles. The Morgan fingerprint density at radius 3 is 2.09 bits per heavy atom. The number of aliphatic hydroxyl groups is 7. The van der Waals surface area contributed by atoms with Crippen molar-refractivity contribution < 1.29 is 69.4 Å². The number of esters is 1. The first-order valence-electron chi connectivity index (χ1n) is 20.9. The van der Waals surface area contributed by atoms with Crippen molar-refractivity contribution in [3.63, 3.8) is 0 Å². The molecule has 0 aromatic rings. The van der Waals surface area contributed by atoms with Gasteiger partial charge in [0.15, 0.2) is 6.29 Å². The third kappa shape index (κ3) is 5.85. The zero-order chi connectivity index (χ0) is 41.1.